The second-order valence-corrected chi connectivity index (χ2v) is 6.88. The zero-order valence-electron chi connectivity index (χ0n) is 15.6. The fourth-order valence-electron chi connectivity index (χ4n) is 3.08. The van der Waals surface area contributed by atoms with Gasteiger partial charge in [-0.15, -0.1) is 0 Å². The summed E-state index contributed by atoms with van der Waals surface area (Å²) >= 11 is 6.27. The van der Waals surface area contributed by atoms with Crippen LogP contribution in [0.25, 0.3) is 0 Å². The average Bonchev–Trinajstić information content (AvgIpc) is 2.76. The third-order valence-electron chi connectivity index (χ3n) is 4.49. The van der Waals surface area contributed by atoms with E-state index in [9.17, 15) is 9.59 Å². The largest absolute Gasteiger partial charge is 0.328 e. The molecule has 6 nitrogen and oxygen atoms in total. The number of carbonyl (C=O) groups is 2. The van der Waals surface area contributed by atoms with Gasteiger partial charge in [-0.25, -0.2) is 5.84 Å². The Hall–Kier alpha value is -3.19. The summed E-state index contributed by atoms with van der Waals surface area (Å²) in [7, 11) is 0. The Morgan fingerprint density at radius 1 is 0.966 bits per heavy atom. The van der Waals surface area contributed by atoms with Gasteiger partial charge in [0.2, 0.25) is 0 Å². The Bertz CT molecular complexity index is 981. The lowest BCUT2D eigenvalue weighted by Crippen LogP contribution is -2.88. The van der Waals surface area contributed by atoms with Crippen LogP contribution in [-0.2, 0) is 4.79 Å². The van der Waals surface area contributed by atoms with E-state index in [-0.39, 0.29) is 24.4 Å². The van der Waals surface area contributed by atoms with Crippen molar-refractivity contribution in [2.24, 2.45) is 5.84 Å². The first-order chi connectivity index (χ1) is 14.1. The molecule has 3 aromatic carbocycles. The molecule has 0 spiro atoms. The third-order valence-corrected chi connectivity index (χ3v) is 4.73. The molecule has 0 aliphatic carbocycles. The SMILES string of the molecule is NNC(=O)C[NH2+][C@H](c1ccccc1)c1cc(Cl)ccc1NC(=O)c1ccccc1. The highest BCUT2D eigenvalue weighted by Gasteiger charge is 2.23. The van der Waals surface area contributed by atoms with E-state index in [1.54, 1.807) is 30.3 Å². The summed E-state index contributed by atoms with van der Waals surface area (Å²) in [5.74, 6) is 4.70. The van der Waals surface area contributed by atoms with E-state index >= 15 is 0 Å². The van der Waals surface area contributed by atoms with Gasteiger partial charge in [-0.3, -0.25) is 15.0 Å². The molecule has 0 saturated carbocycles. The zero-order valence-corrected chi connectivity index (χ0v) is 16.4. The van der Waals surface area contributed by atoms with E-state index in [2.05, 4.69) is 10.7 Å². The van der Waals surface area contributed by atoms with Gasteiger partial charge in [0.15, 0.2) is 6.54 Å². The number of hydrazine groups is 1. The van der Waals surface area contributed by atoms with Crippen molar-refractivity contribution >= 4 is 29.1 Å². The molecule has 3 aromatic rings. The minimum absolute atomic E-state index is 0.120. The smallest absolute Gasteiger partial charge is 0.288 e. The maximum atomic E-state index is 12.7. The Morgan fingerprint density at radius 3 is 2.28 bits per heavy atom. The number of hydrogen-bond donors (Lipinski definition) is 4. The molecule has 0 aliphatic heterocycles. The number of carbonyl (C=O) groups excluding carboxylic acids is 2. The molecule has 0 aromatic heterocycles. The Balaban J connectivity index is 1.97. The molecule has 0 aliphatic rings. The number of nitrogens with one attached hydrogen (secondary N) is 2. The van der Waals surface area contributed by atoms with E-state index in [1.807, 2.05) is 53.8 Å². The Morgan fingerprint density at radius 2 is 1.62 bits per heavy atom. The van der Waals surface area contributed by atoms with Crippen LogP contribution < -0.4 is 21.9 Å². The maximum absolute atomic E-state index is 12.7. The summed E-state index contributed by atoms with van der Waals surface area (Å²) in [4.78, 5) is 24.4. The molecule has 1 atom stereocenters. The second-order valence-electron chi connectivity index (χ2n) is 6.45. The van der Waals surface area contributed by atoms with Crippen molar-refractivity contribution in [3.05, 3.63) is 101 Å². The number of anilines is 1. The van der Waals surface area contributed by atoms with Crippen molar-refractivity contribution < 1.29 is 14.9 Å². The summed E-state index contributed by atoms with van der Waals surface area (Å²) in [6.07, 6.45) is 0. The molecule has 0 saturated heterocycles. The molecular formula is C22H22ClN4O2+. The highest BCUT2D eigenvalue weighted by molar-refractivity contribution is 6.30. The first kappa shape index (κ1) is 20.5. The normalized spacial score (nSPS) is 11.5. The van der Waals surface area contributed by atoms with Crippen LogP contribution in [0.15, 0.2) is 78.9 Å². The lowest BCUT2D eigenvalue weighted by atomic mass is 9.96. The van der Waals surface area contributed by atoms with Gasteiger partial charge in [-0.05, 0) is 30.3 Å². The van der Waals surface area contributed by atoms with Gasteiger partial charge in [0.05, 0.1) is 5.69 Å². The number of rotatable bonds is 7. The minimum Gasteiger partial charge on any atom is -0.328 e. The van der Waals surface area contributed by atoms with Crippen molar-refractivity contribution in [3.63, 3.8) is 0 Å². The van der Waals surface area contributed by atoms with Gasteiger partial charge in [0.1, 0.15) is 6.04 Å². The fourth-order valence-corrected chi connectivity index (χ4v) is 3.26. The molecule has 0 fully saturated rings. The third kappa shape index (κ3) is 5.42. The number of hydrogen-bond acceptors (Lipinski definition) is 3. The minimum atomic E-state index is -0.303. The lowest BCUT2D eigenvalue weighted by molar-refractivity contribution is -0.676. The fraction of sp³-hybridized carbons (Fsp3) is 0.0909. The molecule has 148 valence electrons. The van der Waals surface area contributed by atoms with Crippen molar-refractivity contribution in [2.45, 2.75) is 6.04 Å². The van der Waals surface area contributed by atoms with Gasteiger partial charge in [0.25, 0.3) is 11.8 Å². The van der Waals surface area contributed by atoms with Gasteiger partial charge in [-0.1, -0.05) is 60.1 Å². The molecule has 3 rings (SSSR count). The number of amides is 2. The number of halogens is 1. The standard InChI is InChI=1S/C22H21ClN4O2/c23-17-11-12-19(26-22(29)16-9-5-2-6-10-16)18(13-17)21(25-14-20(28)27-24)15-7-3-1-4-8-15/h1-13,21,25H,14,24H2,(H,26,29)(H,27,28)/p+1/t21-/m1/s1. The van der Waals surface area contributed by atoms with Crippen LogP contribution in [0.4, 0.5) is 5.69 Å². The van der Waals surface area contributed by atoms with E-state index in [0.717, 1.165) is 11.1 Å². The molecule has 29 heavy (non-hydrogen) atoms. The van der Waals surface area contributed by atoms with Crippen molar-refractivity contribution in [3.8, 4) is 0 Å². The van der Waals surface area contributed by atoms with Crippen LogP contribution >= 0.6 is 11.6 Å². The van der Waals surface area contributed by atoms with Crippen LogP contribution in [0.2, 0.25) is 5.02 Å². The first-order valence-corrected chi connectivity index (χ1v) is 9.50. The highest BCUT2D eigenvalue weighted by Crippen LogP contribution is 2.29. The van der Waals surface area contributed by atoms with Crippen molar-refractivity contribution in [2.75, 3.05) is 11.9 Å². The Labute approximate surface area is 174 Å². The Kier molecular flexibility index (Phi) is 6.97. The highest BCUT2D eigenvalue weighted by atomic mass is 35.5. The van der Waals surface area contributed by atoms with Gasteiger partial charge in [-0.2, -0.15) is 0 Å². The van der Waals surface area contributed by atoms with Crippen molar-refractivity contribution in [1.82, 2.24) is 5.43 Å². The molecule has 7 heteroatoms. The van der Waals surface area contributed by atoms with Gasteiger partial charge < -0.3 is 10.6 Å². The summed E-state index contributed by atoms with van der Waals surface area (Å²) in [5, 5.41) is 5.35. The topological polar surface area (TPSA) is 101 Å². The number of benzene rings is 3. The maximum Gasteiger partial charge on any atom is 0.288 e. The quantitative estimate of drug-likeness (QED) is 0.273. The van der Waals surface area contributed by atoms with Crippen LogP contribution in [-0.4, -0.2) is 18.4 Å². The van der Waals surface area contributed by atoms with Gasteiger partial charge >= 0.3 is 0 Å². The monoisotopic (exact) mass is 409 g/mol. The molecule has 0 bridgehead atoms. The number of quaternary nitrogens is 1. The molecule has 0 heterocycles. The van der Waals surface area contributed by atoms with Crippen LogP contribution in [0.5, 0.6) is 0 Å². The van der Waals surface area contributed by atoms with E-state index < -0.39 is 0 Å². The van der Waals surface area contributed by atoms with E-state index in [0.29, 0.717) is 16.3 Å². The average molecular weight is 410 g/mol. The lowest BCUT2D eigenvalue weighted by Gasteiger charge is -2.20. The van der Waals surface area contributed by atoms with E-state index in [1.165, 1.54) is 0 Å². The molecule has 6 N–H and O–H groups in total. The van der Waals surface area contributed by atoms with Crippen LogP contribution in [0.3, 0.4) is 0 Å². The second kappa shape index (κ2) is 9.84. The first-order valence-electron chi connectivity index (χ1n) is 9.12. The van der Waals surface area contributed by atoms with Crippen LogP contribution in [0.1, 0.15) is 27.5 Å². The van der Waals surface area contributed by atoms with E-state index in [4.69, 9.17) is 17.4 Å². The summed E-state index contributed by atoms with van der Waals surface area (Å²) in [5.41, 5.74) is 5.07. The van der Waals surface area contributed by atoms with Gasteiger partial charge in [0, 0.05) is 21.7 Å². The molecule has 0 unspecified atom stereocenters. The summed E-state index contributed by atoms with van der Waals surface area (Å²) in [6.45, 7) is 0.120. The molecule has 2 amide bonds. The predicted octanol–water partition coefficient (Wildman–Crippen LogP) is 2.24. The summed E-state index contributed by atoms with van der Waals surface area (Å²) in [6, 6.07) is 23.7. The van der Waals surface area contributed by atoms with Crippen molar-refractivity contribution in [1.29, 1.82) is 0 Å². The van der Waals surface area contributed by atoms with Crippen LogP contribution in [0, 0.1) is 0 Å². The molecule has 0 radical (unpaired) electrons. The zero-order chi connectivity index (χ0) is 20.6. The molecular weight excluding hydrogens is 388 g/mol. The summed E-state index contributed by atoms with van der Waals surface area (Å²) < 4.78 is 0. The predicted molar refractivity (Wildman–Crippen MR) is 113 cm³/mol. The number of nitrogens with two attached hydrogens (primary N) is 2.